The third-order valence-electron chi connectivity index (χ3n) is 2.51. The molecular formula is C11H26N2O. The maximum atomic E-state index is 9.20. The molecule has 0 aromatic rings. The van der Waals surface area contributed by atoms with Crippen molar-refractivity contribution < 1.29 is 5.11 Å². The van der Waals surface area contributed by atoms with Crippen LogP contribution in [0.2, 0.25) is 0 Å². The van der Waals surface area contributed by atoms with E-state index in [1.54, 1.807) is 0 Å². The van der Waals surface area contributed by atoms with E-state index in [-0.39, 0.29) is 11.5 Å². The van der Waals surface area contributed by atoms with E-state index in [1.807, 2.05) is 6.92 Å². The van der Waals surface area contributed by atoms with Crippen LogP contribution in [0.15, 0.2) is 0 Å². The van der Waals surface area contributed by atoms with Crippen LogP contribution in [0.4, 0.5) is 0 Å². The molecule has 0 heterocycles. The van der Waals surface area contributed by atoms with E-state index in [9.17, 15) is 5.11 Å². The molecule has 0 saturated heterocycles. The molecule has 14 heavy (non-hydrogen) atoms. The molecule has 0 saturated carbocycles. The third-order valence-corrected chi connectivity index (χ3v) is 2.51. The molecule has 0 aliphatic heterocycles. The number of nitrogens with zero attached hydrogens (tertiary/aromatic N) is 1. The summed E-state index contributed by atoms with van der Waals surface area (Å²) in [6.45, 7) is 12.0. The van der Waals surface area contributed by atoms with Crippen molar-refractivity contribution in [3.05, 3.63) is 0 Å². The minimum absolute atomic E-state index is 0.175. The van der Waals surface area contributed by atoms with Crippen LogP contribution in [0.5, 0.6) is 0 Å². The Morgan fingerprint density at radius 2 is 2.00 bits per heavy atom. The summed E-state index contributed by atoms with van der Waals surface area (Å²) in [5, 5.41) is 9.20. The first kappa shape index (κ1) is 13.9. The van der Waals surface area contributed by atoms with E-state index in [0.29, 0.717) is 6.54 Å². The highest BCUT2D eigenvalue weighted by atomic mass is 16.3. The lowest BCUT2D eigenvalue weighted by Crippen LogP contribution is -2.39. The van der Waals surface area contributed by atoms with Crippen LogP contribution in [0.3, 0.4) is 0 Å². The first-order chi connectivity index (χ1) is 6.41. The van der Waals surface area contributed by atoms with Crippen molar-refractivity contribution in [2.75, 3.05) is 26.2 Å². The van der Waals surface area contributed by atoms with Crippen LogP contribution in [0.25, 0.3) is 0 Å². The molecule has 3 N–H and O–H groups in total. The molecule has 0 aliphatic carbocycles. The molecule has 0 rings (SSSR count). The van der Waals surface area contributed by atoms with Gasteiger partial charge in [0, 0.05) is 13.1 Å². The molecule has 0 fully saturated rings. The average Bonchev–Trinajstić information content (AvgIpc) is 2.12. The zero-order chi connectivity index (χ0) is 11.2. The monoisotopic (exact) mass is 202 g/mol. The third kappa shape index (κ3) is 6.35. The second kappa shape index (κ2) is 6.38. The van der Waals surface area contributed by atoms with E-state index in [4.69, 9.17) is 5.73 Å². The van der Waals surface area contributed by atoms with Gasteiger partial charge in [-0.25, -0.2) is 0 Å². The predicted molar refractivity (Wildman–Crippen MR) is 61.2 cm³/mol. The molecule has 1 unspecified atom stereocenters. The number of nitrogens with two attached hydrogens (primary N) is 1. The second-order valence-electron chi connectivity index (χ2n) is 4.87. The number of aliphatic hydroxyl groups excluding tert-OH is 1. The Labute approximate surface area is 88.3 Å². The Bertz CT molecular complexity index is 146. The Balaban J connectivity index is 3.90. The fraction of sp³-hybridized carbons (Fsp3) is 1.00. The van der Waals surface area contributed by atoms with Crippen LogP contribution in [0.1, 0.15) is 34.1 Å². The Hall–Kier alpha value is -0.120. The molecule has 0 aromatic carbocycles. The Kier molecular flexibility index (Phi) is 6.33. The van der Waals surface area contributed by atoms with Gasteiger partial charge in [0.05, 0.1) is 6.10 Å². The number of aliphatic hydroxyl groups is 1. The van der Waals surface area contributed by atoms with Crippen molar-refractivity contribution >= 4 is 0 Å². The topological polar surface area (TPSA) is 49.5 Å². The molecule has 86 valence electrons. The minimum Gasteiger partial charge on any atom is -0.393 e. The SMILES string of the molecule is CCN(CCC(C)O)CC(C)(C)CN. The number of hydrogen-bond acceptors (Lipinski definition) is 3. The summed E-state index contributed by atoms with van der Waals surface area (Å²) in [6.07, 6.45) is 0.638. The molecule has 0 aliphatic rings. The lowest BCUT2D eigenvalue weighted by Gasteiger charge is -2.31. The molecule has 3 heteroatoms. The smallest absolute Gasteiger partial charge is 0.0524 e. The van der Waals surface area contributed by atoms with E-state index in [0.717, 1.165) is 26.1 Å². The molecule has 0 radical (unpaired) electrons. The van der Waals surface area contributed by atoms with Crippen LogP contribution in [-0.4, -0.2) is 42.3 Å². The normalized spacial score (nSPS) is 14.8. The standard InChI is InChI=1S/C11H26N2O/c1-5-13(7-6-10(2)14)9-11(3,4)8-12/h10,14H,5-9,12H2,1-4H3. The first-order valence-electron chi connectivity index (χ1n) is 5.51. The van der Waals surface area contributed by atoms with Gasteiger partial charge >= 0.3 is 0 Å². The Morgan fingerprint density at radius 1 is 1.43 bits per heavy atom. The van der Waals surface area contributed by atoms with Gasteiger partial charge < -0.3 is 15.7 Å². The zero-order valence-electron chi connectivity index (χ0n) is 10.1. The van der Waals surface area contributed by atoms with Crippen LogP contribution >= 0.6 is 0 Å². The summed E-state index contributed by atoms with van der Waals surface area (Å²) in [4.78, 5) is 2.35. The fourth-order valence-corrected chi connectivity index (χ4v) is 1.39. The summed E-state index contributed by atoms with van der Waals surface area (Å²) in [5.41, 5.74) is 5.86. The van der Waals surface area contributed by atoms with Gasteiger partial charge in [0.25, 0.3) is 0 Å². The van der Waals surface area contributed by atoms with E-state index >= 15 is 0 Å². The summed E-state index contributed by atoms with van der Waals surface area (Å²) in [6, 6.07) is 0. The van der Waals surface area contributed by atoms with Gasteiger partial charge in [0.1, 0.15) is 0 Å². The highest BCUT2D eigenvalue weighted by Crippen LogP contribution is 2.14. The fourth-order valence-electron chi connectivity index (χ4n) is 1.39. The van der Waals surface area contributed by atoms with Crippen molar-refractivity contribution in [1.82, 2.24) is 4.90 Å². The van der Waals surface area contributed by atoms with Gasteiger partial charge in [-0.3, -0.25) is 0 Å². The van der Waals surface area contributed by atoms with Gasteiger partial charge in [-0.2, -0.15) is 0 Å². The van der Waals surface area contributed by atoms with E-state index in [2.05, 4.69) is 25.7 Å². The molecule has 0 amide bonds. The lowest BCUT2D eigenvalue weighted by atomic mass is 9.93. The van der Waals surface area contributed by atoms with Crippen LogP contribution in [-0.2, 0) is 0 Å². The first-order valence-corrected chi connectivity index (χ1v) is 5.51. The summed E-state index contributed by atoms with van der Waals surface area (Å²) >= 11 is 0. The predicted octanol–water partition coefficient (Wildman–Crippen LogP) is 1.06. The van der Waals surface area contributed by atoms with Crippen LogP contribution in [0, 0.1) is 5.41 Å². The summed E-state index contributed by atoms with van der Waals surface area (Å²) < 4.78 is 0. The molecule has 3 nitrogen and oxygen atoms in total. The average molecular weight is 202 g/mol. The van der Waals surface area contributed by atoms with Gasteiger partial charge in [-0.05, 0) is 31.8 Å². The summed E-state index contributed by atoms with van der Waals surface area (Å²) in [7, 11) is 0. The molecule has 1 atom stereocenters. The van der Waals surface area contributed by atoms with Crippen molar-refractivity contribution in [2.24, 2.45) is 11.1 Å². The van der Waals surface area contributed by atoms with Gasteiger partial charge in [-0.15, -0.1) is 0 Å². The van der Waals surface area contributed by atoms with Crippen molar-refractivity contribution in [2.45, 2.75) is 40.2 Å². The molecule has 0 spiro atoms. The maximum absolute atomic E-state index is 9.20. The van der Waals surface area contributed by atoms with E-state index < -0.39 is 0 Å². The summed E-state index contributed by atoms with van der Waals surface area (Å²) in [5.74, 6) is 0. The second-order valence-corrected chi connectivity index (χ2v) is 4.87. The molecule has 0 bridgehead atoms. The van der Waals surface area contributed by atoms with Gasteiger partial charge in [0.2, 0.25) is 0 Å². The number of rotatable bonds is 7. The lowest BCUT2D eigenvalue weighted by molar-refractivity contribution is 0.136. The van der Waals surface area contributed by atoms with E-state index in [1.165, 1.54) is 0 Å². The van der Waals surface area contributed by atoms with Crippen LogP contribution < -0.4 is 5.73 Å². The number of hydrogen-bond donors (Lipinski definition) is 2. The van der Waals surface area contributed by atoms with Gasteiger partial charge in [0.15, 0.2) is 0 Å². The largest absolute Gasteiger partial charge is 0.393 e. The minimum atomic E-state index is -0.204. The Morgan fingerprint density at radius 3 is 2.36 bits per heavy atom. The molecular weight excluding hydrogens is 176 g/mol. The van der Waals surface area contributed by atoms with Crippen molar-refractivity contribution in [1.29, 1.82) is 0 Å². The molecule has 0 aromatic heterocycles. The van der Waals surface area contributed by atoms with Crippen molar-refractivity contribution in [3.8, 4) is 0 Å². The highest BCUT2D eigenvalue weighted by Gasteiger charge is 2.19. The van der Waals surface area contributed by atoms with Crippen molar-refractivity contribution in [3.63, 3.8) is 0 Å². The zero-order valence-corrected chi connectivity index (χ0v) is 10.1. The highest BCUT2D eigenvalue weighted by molar-refractivity contribution is 4.74. The maximum Gasteiger partial charge on any atom is 0.0524 e. The van der Waals surface area contributed by atoms with Gasteiger partial charge in [-0.1, -0.05) is 20.8 Å². The quantitative estimate of drug-likeness (QED) is 0.649.